The van der Waals surface area contributed by atoms with Crippen molar-refractivity contribution in [1.82, 2.24) is 19.3 Å². The Morgan fingerprint density at radius 1 is 1.02 bits per heavy atom. The number of benzene rings is 2. The van der Waals surface area contributed by atoms with Crippen LogP contribution < -0.4 is 14.8 Å². The molecule has 0 radical (unpaired) electrons. The summed E-state index contributed by atoms with van der Waals surface area (Å²) in [5.74, 6) is 0.244. The Kier molecular flexibility index (Phi) is 9.24. The molecule has 2 saturated heterocycles. The second kappa shape index (κ2) is 12.8. The van der Waals surface area contributed by atoms with Gasteiger partial charge in [0.2, 0.25) is 15.9 Å². The lowest BCUT2D eigenvalue weighted by Crippen LogP contribution is -2.52. The fourth-order valence-corrected chi connectivity index (χ4v) is 6.96. The van der Waals surface area contributed by atoms with Crippen LogP contribution in [0.25, 0.3) is 10.9 Å². The Hall–Kier alpha value is -3.61. The highest BCUT2D eigenvalue weighted by atomic mass is 32.2. The maximum absolute atomic E-state index is 13.7. The molecule has 44 heavy (non-hydrogen) atoms. The molecule has 3 aromatic rings. The van der Waals surface area contributed by atoms with Crippen molar-refractivity contribution in [1.29, 1.82) is 0 Å². The zero-order valence-corrected chi connectivity index (χ0v) is 27.3. The van der Waals surface area contributed by atoms with E-state index in [2.05, 4.69) is 25.9 Å². The minimum absolute atomic E-state index is 0.0126. The molecular formula is C32H44N6O5S. The SMILES string of the molecule is COc1c(NC(=O)c2cc3cccc(CN4CCN(C(=O)[C@@H]5CCCN5C)CC4)c3n2C)cc(C(C)C)cc1NS(C)(=O)=O. The van der Waals surface area contributed by atoms with Gasteiger partial charge in [-0.2, -0.15) is 0 Å². The Morgan fingerprint density at radius 2 is 1.73 bits per heavy atom. The molecule has 2 aliphatic rings. The lowest BCUT2D eigenvalue weighted by atomic mass is 10.0. The number of likely N-dealkylation sites (tertiary alicyclic amines) is 1. The molecule has 5 rings (SSSR count). The van der Waals surface area contributed by atoms with E-state index in [1.165, 1.54) is 7.11 Å². The van der Waals surface area contributed by atoms with Crippen LogP contribution in [0.4, 0.5) is 11.4 Å². The molecule has 0 bridgehead atoms. The molecule has 2 aromatic carbocycles. The van der Waals surface area contributed by atoms with Gasteiger partial charge in [0.25, 0.3) is 5.91 Å². The molecule has 12 heteroatoms. The third kappa shape index (κ3) is 6.72. The number of para-hydroxylation sites is 1. The lowest BCUT2D eigenvalue weighted by molar-refractivity contribution is -0.137. The Balaban J connectivity index is 1.35. The van der Waals surface area contributed by atoms with E-state index in [1.807, 2.05) is 61.7 Å². The highest BCUT2D eigenvalue weighted by molar-refractivity contribution is 7.92. The van der Waals surface area contributed by atoms with Crippen LogP contribution in [-0.2, 0) is 28.4 Å². The van der Waals surface area contributed by atoms with E-state index >= 15 is 0 Å². The van der Waals surface area contributed by atoms with Gasteiger partial charge in [-0.15, -0.1) is 0 Å². The third-order valence-corrected chi connectivity index (χ3v) is 9.37. The quantitative estimate of drug-likeness (QED) is 0.373. The number of piperazine rings is 1. The molecule has 3 heterocycles. The van der Waals surface area contributed by atoms with Gasteiger partial charge in [0.15, 0.2) is 5.75 Å². The number of amides is 2. The summed E-state index contributed by atoms with van der Waals surface area (Å²) < 4.78 is 34.1. The highest BCUT2D eigenvalue weighted by Gasteiger charge is 2.33. The standard InChI is InChI=1S/C32H44N6O5S/c1-21(2)24-17-25(30(43-5)26(18-24)34-44(6,41)42)33-31(39)28-19-22-9-7-10-23(29(22)36(28)4)20-37-13-15-38(16-14-37)32(40)27-11-8-12-35(27)3/h7,9-10,17-19,21,27,34H,8,11-16,20H2,1-6H3,(H,33,39)/t27-/m0/s1. The average Bonchev–Trinajstić information content (AvgIpc) is 3.55. The number of rotatable bonds is 9. The largest absolute Gasteiger partial charge is 0.492 e. The lowest BCUT2D eigenvalue weighted by Gasteiger charge is -2.37. The molecule has 2 fully saturated rings. The molecule has 2 amide bonds. The van der Waals surface area contributed by atoms with Crippen molar-refractivity contribution >= 4 is 44.1 Å². The molecule has 0 spiro atoms. The predicted octanol–water partition coefficient (Wildman–Crippen LogP) is 3.67. The van der Waals surface area contributed by atoms with Gasteiger partial charge >= 0.3 is 0 Å². The maximum Gasteiger partial charge on any atom is 0.272 e. The smallest absolute Gasteiger partial charge is 0.272 e. The molecular weight excluding hydrogens is 580 g/mol. The number of aromatic nitrogens is 1. The molecule has 238 valence electrons. The van der Waals surface area contributed by atoms with Crippen LogP contribution in [0.15, 0.2) is 36.4 Å². The number of methoxy groups -OCH3 is 1. The van der Waals surface area contributed by atoms with E-state index in [9.17, 15) is 18.0 Å². The van der Waals surface area contributed by atoms with Gasteiger partial charge in [-0.25, -0.2) is 8.42 Å². The van der Waals surface area contributed by atoms with Crippen LogP contribution in [0.1, 0.15) is 54.2 Å². The number of nitrogens with one attached hydrogen (secondary N) is 2. The van der Waals surface area contributed by atoms with Crippen LogP contribution in [0.3, 0.4) is 0 Å². The van der Waals surface area contributed by atoms with Crippen LogP contribution in [0, 0.1) is 0 Å². The van der Waals surface area contributed by atoms with Crippen LogP contribution in [-0.4, -0.2) is 98.7 Å². The van der Waals surface area contributed by atoms with Gasteiger partial charge in [-0.3, -0.25) is 24.1 Å². The number of fused-ring (bicyclic) bond motifs is 1. The second-order valence-electron chi connectivity index (χ2n) is 12.3. The number of nitrogens with zero attached hydrogens (tertiary/aromatic N) is 4. The number of carbonyl (C=O) groups excluding carboxylic acids is 2. The monoisotopic (exact) mass is 624 g/mol. The Labute approximate surface area is 260 Å². The number of ether oxygens (including phenoxy) is 1. The summed E-state index contributed by atoms with van der Waals surface area (Å²) in [6.07, 6.45) is 3.09. The first kappa shape index (κ1) is 31.8. The molecule has 11 nitrogen and oxygen atoms in total. The fraction of sp³-hybridized carbons (Fsp3) is 0.500. The number of carbonyl (C=O) groups is 2. The zero-order chi connectivity index (χ0) is 31.8. The van der Waals surface area contributed by atoms with Crippen molar-refractivity contribution in [3.05, 3.63) is 53.2 Å². The summed E-state index contributed by atoms with van der Waals surface area (Å²) in [5, 5.41) is 3.93. The van der Waals surface area contributed by atoms with Crippen molar-refractivity contribution in [3.8, 4) is 5.75 Å². The van der Waals surface area contributed by atoms with E-state index in [-0.39, 0.29) is 35.2 Å². The van der Waals surface area contributed by atoms with E-state index in [1.54, 1.807) is 6.07 Å². The first-order valence-electron chi connectivity index (χ1n) is 15.2. The summed E-state index contributed by atoms with van der Waals surface area (Å²) in [5.41, 5.74) is 4.07. The molecule has 2 N–H and O–H groups in total. The van der Waals surface area contributed by atoms with Crippen LogP contribution in [0.5, 0.6) is 5.75 Å². The maximum atomic E-state index is 13.7. The second-order valence-corrected chi connectivity index (χ2v) is 14.1. The normalized spacial score (nSPS) is 18.2. The molecule has 1 atom stereocenters. The van der Waals surface area contributed by atoms with E-state index in [4.69, 9.17) is 4.74 Å². The Bertz CT molecular complexity index is 1660. The highest BCUT2D eigenvalue weighted by Crippen LogP contribution is 2.38. The van der Waals surface area contributed by atoms with Crippen molar-refractivity contribution in [2.45, 2.75) is 45.2 Å². The first-order chi connectivity index (χ1) is 20.9. The summed E-state index contributed by atoms with van der Waals surface area (Å²) >= 11 is 0. The summed E-state index contributed by atoms with van der Waals surface area (Å²) in [4.78, 5) is 33.3. The van der Waals surface area contributed by atoms with E-state index in [0.29, 0.717) is 31.0 Å². The summed E-state index contributed by atoms with van der Waals surface area (Å²) in [6.45, 7) is 8.71. The van der Waals surface area contributed by atoms with Gasteiger partial charge in [0, 0.05) is 45.2 Å². The minimum atomic E-state index is -3.58. The number of aryl methyl sites for hydroxylation is 1. The van der Waals surface area contributed by atoms with Crippen molar-refractivity contribution in [3.63, 3.8) is 0 Å². The van der Waals surface area contributed by atoms with Crippen LogP contribution in [0.2, 0.25) is 0 Å². The molecule has 0 unspecified atom stereocenters. The van der Waals surface area contributed by atoms with Gasteiger partial charge in [-0.1, -0.05) is 32.0 Å². The van der Waals surface area contributed by atoms with Crippen molar-refractivity contribution < 1.29 is 22.7 Å². The van der Waals surface area contributed by atoms with Crippen molar-refractivity contribution in [2.24, 2.45) is 7.05 Å². The molecule has 0 saturated carbocycles. The number of anilines is 2. The Morgan fingerprint density at radius 3 is 2.34 bits per heavy atom. The molecule has 2 aliphatic heterocycles. The zero-order valence-electron chi connectivity index (χ0n) is 26.5. The number of hydrogen-bond donors (Lipinski definition) is 2. The predicted molar refractivity (Wildman–Crippen MR) is 174 cm³/mol. The average molecular weight is 625 g/mol. The summed E-state index contributed by atoms with van der Waals surface area (Å²) in [6, 6.07) is 11.5. The fourth-order valence-electron chi connectivity index (χ4n) is 6.41. The van der Waals surface area contributed by atoms with Gasteiger partial charge in [0.1, 0.15) is 5.69 Å². The number of sulfonamides is 1. The van der Waals surface area contributed by atoms with Gasteiger partial charge in [0.05, 0.1) is 36.3 Å². The van der Waals surface area contributed by atoms with E-state index in [0.717, 1.165) is 60.8 Å². The van der Waals surface area contributed by atoms with Gasteiger partial charge < -0.3 is 19.5 Å². The minimum Gasteiger partial charge on any atom is -0.492 e. The third-order valence-electron chi connectivity index (χ3n) is 8.78. The number of hydrogen-bond acceptors (Lipinski definition) is 7. The molecule has 1 aromatic heterocycles. The van der Waals surface area contributed by atoms with Crippen molar-refractivity contribution in [2.75, 3.05) is 63.2 Å². The van der Waals surface area contributed by atoms with Gasteiger partial charge in [-0.05, 0) is 61.7 Å². The molecule has 0 aliphatic carbocycles. The summed E-state index contributed by atoms with van der Waals surface area (Å²) in [7, 11) is 1.79. The van der Waals surface area contributed by atoms with Crippen LogP contribution >= 0.6 is 0 Å². The first-order valence-corrected chi connectivity index (χ1v) is 17.0. The number of likely N-dealkylation sites (N-methyl/N-ethyl adjacent to an activating group) is 1. The van der Waals surface area contributed by atoms with E-state index < -0.39 is 10.0 Å². The topological polar surface area (TPSA) is 116 Å².